The molecule has 3 heteroatoms. The molecule has 116 valence electrons. The minimum Gasteiger partial charge on any atom is -0.497 e. The molecule has 1 aromatic carbocycles. The molecule has 0 atom stereocenters. The zero-order chi connectivity index (χ0) is 15.5. The standard InChI is InChI=1S/C18H26O3/c1-4-8-15(9-6-5-7-10-18(19)21-3)16-11-13-17(20-2)14-12-16/h9,11-14H,4-8,10H2,1-3H3. The number of hydrogen-bond acceptors (Lipinski definition) is 3. The highest BCUT2D eigenvalue weighted by atomic mass is 16.5. The number of hydrogen-bond donors (Lipinski definition) is 0. The zero-order valence-electron chi connectivity index (χ0n) is 13.4. The van der Waals surface area contributed by atoms with Gasteiger partial charge in [0.05, 0.1) is 14.2 Å². The number of allylic oxidation sites excluding steroid dienone is 2. The first-order chi connectivity index (χ1) is 10.2. The summed E-state index contributed by atoms with van der Waals surface area (Å²) in [7, 11) is 3.12. The number of carbonyl (C=O) groups excluding carboxylic acids is 1. The predicted molar refractivity (Wildman–Crippen MR) is 86.4 cm³/mol. The molecule has 0 aliphatic heterocycles. The molecule has 0 heterocycles. The lowest BCUT2D eigenvalue weighted by atomic mass is 9.99. The van der Waals surface area contributed by atoms with E-state index in [1.807, 2.05) is 12.1 Å². The Bertz CT molecular complexity index is 446. The maximum atomic E-state index is 11.0. The molecule has 0 unspecified atom stereocenters. The maximum Gasteiger partial charge on any atom is 0.305 e. The summed E-state index contributed by atoms with van der Waals surface area (Å²) in [6, 6.07) is 8.20. The van der Waals surface area contributed by atoms with E-state index in [0.717, 1.165) is 37.9 Å². The van der Waals surface area contributed by atoms with Crippen molar-refractivity contribution in [3.8, 4) is 5.75 Å². The van der Waals surface area contributed by atoms with Gasteiger partial charge in [-0.25, -0.2) is 0 Å². The van der Waals surface area contributed by atoms with Crippen LogP contribution in [0, 0.1) is 0 Å². The van der Waals surface area contributed by atoms with Crippen LogP contribution in [0.3, 0.4) is 0 Å². The largest absolute Gasteiger partial charge is 0.497 e. The van der Waals surface area contributed by atoms with Gasteiger partial charge in [0.15, 0.2) is 0 Å². The van der Waals surface area contributed by atoms with Crippen LogP contribution in [-0.4, -0.2) is 20.2 Å². The van der Waals surface area contributed by atoms with Gasteiger partial charge in [0, 0.05) is 6.42 Å². The Kier molecular flexibility index (Phi) is 8.25. The summed E-state index contributed by atoms with van der Waals surface area (Å²) in [5.74, 6) is 0.760. The van der Waals surface area contributed by atoms with Crippen LogP contribution in [0.1, 0.15) is 51.0 Å². The number of unbranched alkanes of at least 4 members (excludes halogenated alkanes) is 2. The van der Waals surface area contributed by atoms with E-state index in [0.29, 0.717) is 6.42 Å². The lowest BCUT2D eigenvalue weighted by molar-refractivity contribution is -0.140. The topological polar surface area (TPSA) is 35.5 Å². The summed E-state index contributed by atoms with van der Waals surface area (Å²) < 4.78 is 9.83. The fraction of sp³-hybridized carbons (Fsp3) is 0.500. The summed E-state index contributed by atoms with van der Waals surface area (Å²) in [4.78, 5) is 11.0. The molecule has 1 aromatic rings. The molecular weight excluding hydrogens is 264 g/mol. The van der Waals surface area contributed by atoms with E-state index < -0.39 is 0 Å². The summed E-state index contributed by atoms with van der Waals surface area (Å²) in [5, 5.41) is 0. The lowest BCUT2D eigenvalue weighted by Crippen LogP contribution is -1.98. The number of rotatable bonds is 9. The highest BCUT2D eigenvalue weighted by Crippen LogP contribution is 2.23. The maximum absolute atomic E-state index is 11.0. The number of methoxy groups -OCH3 is 2. The van der Waals surface area contributed by atoms with E-state index in [1.165, 1.54) is 18.2 Å². The number of ether oxygens (including phenoxy) is 2. The van der Waals surface area contributed by atoms with Gasteiger partial charge in [-0.2, -0.15) is 0 Å². The normalized spacial score (nSPS) is 11.3. The van der Waals surface area contributed by atoms with Gasteiger partial charge in [-0.1, -0.05) is 31.6 Å². The van der Waals surface area contributed by atoms with Crippen molar-refractivity contribution in [3.05, 3.63) is 35.9 Å². The van der Waals surface area contributed by atoms with E-state index in [-0.39, 0.29) is 5.97 Å². The Morgan fingerprint density at radius 2 is 1.81 bits per heavy atom. The monoisotopic (exact) mass is 290 g/mol. The van der Waals surface area contributed by atoms with E-state index >= 15 is 0 Å². The molecule has 3 nitrogen and oxygen atoms in total. The Balaban J connectivity index is 2.54. The van der Waals surface area contributed by atoms with Crippen molar-refractivity contribution in [2.75, 3.05) is 14.2 Å². The highest BCUT2D eigenvalue weighted by molar-refractivity contribution is 5.69. The van der Waals surface area contributed by atoms with Crippen molar-refractivity contribution < 1.29 is 14.3 Å². The number of carbonyl (C=O) groups is 1. The van der Waals surface area contributed by atoms with Crippen LogP contribution in [0.15, 0.2) is 30.3 Å². The summed E-state index contributed by atoms with van der Waals surface area (Å²) in [5.41, 5.74) is 2.63. The number of esters is 1. The average molecular weight is 290 g/mol. The molecule has 0 radical (unpaired) electrons. The first-order valence-corrected chi connectivity index (χ1v) is 7.61. The van der Waals surface area contributed by atoms with Crippen molar-refractivity contribution in [3.63, 3.8) is 0 Å². The summed E-state index contributed by atoms with van der Waals surface area (Å²) >= 11 is 0. The van der Waals surface area contributed by atoms with Crippen LogP contribution in [-0.2, 0) is 9.53 Å². The van der Waals surface area contributed by atoms with Gasteiger partial charge in [-0.15, -0.1) is 0 Å². The second-order valence-electron chi connectivity index (χ2n) is 5.03. The Morgan fingerprint density at radius 3 is 2.38 bits per heavy atom. The van der Waals surface area contributed by atoms with Crippen LogP contribution in [0.2, 0.25) is 0 Å². The first kappa shape index (κ1) is 17.3. The van der Waals surface area contributed by atoms with Crippen LogP contribution >= 0.6 is 0 Å². The fourth-order valence-electron chi connectivity index (χ4n) is 2.23. The lowest BCUT2D eigenvalue weighted by Gasteiger charge is -2.08. The third-order valence-corrected chi connectivity index (χ3v) is 3.43. The summed E-state index contributed by atoms with van der Waals surface area (Å²) in [6.07, 6.45) is 7.89. The smallest absolute Gasteiger partial charge is 0.305 e. The second kappa shape index (κ2) is 10.0. The van der Waals surface area contributed by atoms with E-state index in [4.69, 9.17) is 4.74 Å². The molecule has 0 aromatic heterocycles. The molecule has 0 amide bonds. The van der Waals surface area contributed by atoms with E-state index in [9.17, 15) is 4.79 Å². The molecule has 0 saturated heterocycles. The third kappa shape index (κ3) is 6.48. The van der Waals surface area contributed by atoms with Crippen LogP contribution in [0.25, 0.3) is 5.57 Å². The summed E-state index contributed by atoms with van der Waals surface area (Å²) in [6.45, 7) is 2.19. The Hall–Kier alpha value is -1.77. The molecular formula is C18H26O3. The molecule has 0 spiro atoms. The Labute approximate surface area is 128 Å². The molecule has 0 bridgehead atoms. The SMILES string of the molecule is CCCC(=CCCCCC(=O)OC)c1ccc(OC)cc1. The third-order valence-electron chi connectivity index (χ3n) is 3.43. The number of benzene rings is 1. The van der Waals surface area contributed by atoms with Gasteiger partial charge in [-0.3, -0.25) is 4.79 Å². The fourth-order valence-corrected chi connectivity index (χ4v) is 2.23. The van der Waals surface area contributed by atoms with Crippen molar-refractivity contribution in [1.82, 2.24) is 0 Å². The zero-order valence-corrected chi connectivity index (χ0v) is 13.4. The molecule has 0 aliphatic carbocycles. The second-order valence-corrected chi connectivity index (χ2v) is 5.03. The van der Waals surface area contributed by atoms with Crippen LogP contribution in [0.4, 0.5) is 0 Å². The molecule has 21 heavy (non-hydrogen) atoms. The predicted octanol–water partition coefficient (Wildman–Crippen LogP) is 4.61. The quantitative estimate of drug-likeness (QED) is 0.492. The van der Waals surface area contributed by atoms with E-state index in [2.05, 4.69) is 29.9 Å². The van der Waals surface area contributed by atoms with Crippen molar-refractivity contribution in [2.24, 2.45) is 0 Å². The minimum atomic E-state index is -0.122. The molecule has 1 rings (SSSR count). The van der Waals surface area contributed by atoms with Gasteiger partial charge in [0.25, 0.3) is 0 Å². The van der Waals surface area contributed by atoms with Gasteiger partial charge in [0.2, 0.25) is 0 Å². The van der Waals surface area contributed by atoms with Crippen molar-refractivity contribution in [2.45, 2.75) is 45.4 Å². The van der Waals surface area contributed by atoms with Crippen molar-refractivity contribution in [1.29, 1.82) is 0 Å². The van der Waals surface area contributed by atoms with Crippen LogP contribution < -0.4 is 4.74 Å². The van der Waals surface area contributed by atoms with E-state index in [1.54, 1.807) is 7.11 Å². The van der Waals surface area contributed by atoms with Gasteiger partial charge in [-0.05, 0) is 49.0 Å². The average Bonchev–Trinajstić information content (AvgIpc) is 2.53. The van der Waals surface area contributed by atoms with Gasteiger partial charge < -0.3 is 9.47 Å². The Morgan fingerprint density at radius 1 is 1.10 bits per heavy atom. The van der Waals surface area contributed by atoms with Gasteiger partial charge in [0.1, 0.15) is 5.75 Å². The minimum absolute atomic E-state index is 0.122. The van der Waals surface area contributed by atoms with Crippen LogP contribution in [0.5, 0.6) is 5.75 Å². The first-order valence-electron chi connectivity index (χ1n) is 7.61. The van der Waals surface area contributed by atoms with Crippen molar-refractivity contribution >= 4 is 11.5 Å². The molecule has 0 aliphatic rings. The molecule has 0 N–H and O–H groups in total. The highest BCUT2D eigenvalue weighted by Gasteiger charge is 2.02. The molecule has 0 fully saturated rings. The molecule has 0 saturated carbocycles. The van der Waals surface area contributed by atoms with Gasteiger partial charge >= 0.3 is 5.97 Å².